The molecule has 2 N–H and O–H groups in total. The van der Waals surface area contributed by atoms with Crippen molar-refractivity contribution in [1.82, 2.24) is 15.0 Å². The molecule has 0 aliphatic carbocycles. The molecule has 0 saturated heterocycles. The number of fused-ring (bicyclic) bond motifs is 6. The van der Waals surface area contributed by atoms with E-state index in [-0.39, 0.29) is 10.8 Å². The van der Waals surface area contributed by atoms with Crippen molar-refractivity contribution < 1.29 is 4.98 Å². The summed E-state index contributed by atoms with van der Waals surface area (Å²) in [7, 11) is 0. The van der Waals surface area contributed by atoms with Gasteiger partial charge in [0, 0.05) is 23.2 Å². The van der Waals surface area contributed by atoms with Crippen molar-refractivity contribution in [2.24, 2.45) is 0 Å². The molecule has 4 nitrogen and oxygen atoms in total. The molecular weight excluding hydrogens is 380 g/mol. The second kappa shape index (κ2) is 6.61. The minimum atomic E-state index is 0.0559. The van der Waals surface area contributed by atoms with Crippen molar-refractivity contribution in [2.75, 3.05) is 0 Å². The Morgan fingerprint density at radius 2 is 1.48 bits per heavy atom. The van der Waals surface area contributed by atoms with E-state index < -0.39 is 0 Å². The fourth-order valence-electron chi connectivity index (χ4n) is 4.17. The van der Waals surface area contributed by atoms with Gasteiger partial charge in [-0.2, -0.15) is 0 Å². The first-order valence-electron chi connectivity index (χ1n) is 10.9. The molecule has 0 aliphatic heterocycles. The molecule has 156 valence electrons. The number of benzene rings is 2. The average Bonchev–Trinajstić information content (AvgIpc) is 3.18. The quantitative estimate of drug-likeness (QED) is 0.328. The van der Waals surface area contributed by atoms with E-state index in [0.717, 1.165) is 44.2 Å². The summed E-state index contributed by atoms with van der Waals surface area (Å²) in [5, 5.41) is 2.16. The number of nitrogens with one attached hydrogen (secondary N) is 2. The number of H-pyrrole nitrogens is 2. The number of pyridine rings is 2. The predicted molar refractivity (Wildman–Crippen MR) is 128 cm³/mol. The van der Waals surface area contributed by atoms with Gasteiger partial charge in [0.1, 0.15) is 16.9 Å². The van der Waals surface area contributed by atoms with Crippen molar-refractivity contribution in [3.63, 3.8) is 0 Å². The van der Waals surface area contributed by atoms with Gasteiger partial charge in [-0.15, -0.1) is 0 Å². The standard InChI is InChI=1S/C27H28N4/c1-26(2,3)17-13-16(14-18(15-17)27(4,5)6)25-30-23-19-9-7-11-28-21(19)22-20(24(23)31-25)10-8-12-29-22/h7-15H,1-6H3,(H,30,31)/p+1. The Bertz CT molecular complexity index is 1340. The molecule has 4 heteroatoms. The van der Waals surface area contributed by atoms with E-state index in [1.807, 2.05) is 24.5 Å². The summed E-state index contributed by atoms with van der Waals surface area (Å²) in [6, 6.07) is 15.1. The van der Waals surface area contributed by atoms with Crippen molar-refractivity contribution in [3.05, 3.63) is 66.0 Å². The third-order valence-corrected chi connectivity index (χ3v) is 6.07. The summed E-state index contributed by atoms with van der Waals surface area (Å²) in [6.45, 7) is 13.6. The van der Waals surface area contributed by atoms with Crippen molar-refractivity contribution in [2.45, 2.75) is 52.4 Å². The number of rotatable bonds is 1. The molecule has 5 rings (SSSR count). The number of hydrogen-bond donors (Lipinski definition) is 1. The molecule has 0 radical (unpaired) electrons. The molecule has 2 aromatic carbocycles. The lowest BCUT2D eigenvalue weighted by atomic mass is 9.79. The van der Waals surface area contributed by atoms with Crippen LogP contribution in [0.3, 0.4) is 0 Å². The fraction of sp³-hybridized carbons (Fsp3) is 0.296. The van der Waals surface area contributed by atoms with Crippen LogP contribution in [0.5, 0.6) is 0 Å². The van der Waals surface area contributed by atoms with Crippen LogP contribution in [0.25, 0.3) is 44.2 Å². The second-order valence-electron chi connectivity index (χ2n) is 10.5. The zero-order valence-electron chi connectivity index (χ0n) is 19.1. The number of nitrogens with zero attached hydrogens (tertiary/aromatic N) is 2. The zero-order valence-corrected chi connectivity index (χ0v) is 19.1. The highest BCUT2D eigenvalue weighted by molar-refractivity contribution is 6.20. The van der Waals surface area contributed by atoms with E-state index in [1.165, 1.54) is 11.1 Å². The summed E-state index contributed by atoms with van der Waals surface area (Å²) in [4.78, 5) is 16.8. The smallest absolute Gasteiger partial charge is 0.239 e. The highest BCUT2D eigenvalue weighted by Gasteiger charge is 2.23. The molecule has 0 bridgehead atoms. The summed E-state index contributed by atoms with van der Waals surface area (Å²) < 4.78 is 0. The highest BCUT2D eigenvalue weighted by atomic mass is 14.9. The molecule has 5 aromatic rings. The first-order valence-corrected chi connectivity index (χ1v) is 10.9. The van der Waals surface area contributed by atoms with Gasteiger partial charge >= 0.3 is 0 Å². The Kier molecular flexibility index (Phi) is 4.20. The van der Waals surface area contributed by atoms with Gasteiger partial charge in [-0.3, -0.25) is 0 Å². The maximum Gasteiger partial charge on any atom is 0.239 e. The average molecular weight is 410 g/mol. The summed E-state index contributed by atoms with van der Waals surface area (Å²) in [5.74, 6) is 0.896. The van der Waals surface area contributed by atoms with E-state index in [2.05, 4.69) is 86.8 Å². The zero-order chi connectivity index (χ0) is 22.0. The number of hydrogen-bond acceptors (Lipinski definition) is 2. The van der Waals surface area contributed by atoms with Crippen LogP contribution in [-0.2, 0) is 10.8 Å². The lowest BCUT2D eigenvalue weighted by Crippen LogP contribution is -2.16. The third kappa shape index (κ3) is 3.27. The molecule has 0 saturated carbocycles. The minimum Gasteiger partial charge on any atom is -0.337 e. The fourth-order valence-corrected chi connectivity index (χ4v) is 4.17. The van der Waals surface area contributed by atoms with E-state index in [0.29, 0.717) is 0 Å². The molecule has 0 amide bonds. The Morgan fingerprint density at radius 3 is 2.16 bits per heavy atom. The number of aromatic amines is 2. The van der Waals surface area contributed by atoms with Gasteiger partial charge in [0.05, 0.1) is 10.9 Å². The molecule has 3 heterocycles. The van der Waals surface area contributed by atoms with Crippen LogP contribution in [0.1, 0.15) is 52.7 Å². The van der Waals surface area contributed by atoms with E-state index in [4.69, 9.17) is 4.98 Å². The van der Waals surface area contributed by atoms with Crippen LogP contribution in [0.4, 0.5) is 0 Å². The maximum absolute atomic E-state index is 5.10. The SMILES string of the molecule is CC(C)(C)c1cc(-c2nc3c4ccc[nH+]c4c4ncccc4c3[nH]2)cc(C(C)(C)C)c1. The lowest BCUT2D eigenvalue weighted by Gasteiger charge is -2.26. The summed E-state index contributed by atoms with van der Waals surface area (Å²) >= 11 is 0. The summed E-state index contributed by atoms with van der Waals surface area (Å²) in [5.41, 5.74) is 7.85. The van der Waals surface area contributed by atoms with Gasteiger partial charge in [-0.1, -0.05) is 47.6 Å². The minimum absolute atomic E-state index is 0.0559. The first-order chi connectivity index (χ1) is 14.6. The lowest BCUT2D eigenvalue weighted by molar-refractivity contribution is -0.343. The van der Waals surface area contributed by atoms with Gasteiger partial charge in [0.2, 0.25) is 5.52 Å². The Labute approximate surface area is 182 Å². The number of imidazole rings is 1. The molecule has 0 fully saturated rings. The van der Waals surface area contributed by atoms with Crippen LogP contribution in [0.2, 0.25) is 0 Å². The molecule has 0 unspecified atom stereocenters. The predicted octanol–water partition coefficient (Wildman–Crippen LogP) is 6.34. The molecular formula is C27H29N4+. The van der Waals surface area contributed by atoms with E-state index >= 15 is 0 Å². The molecule has 0 aliphatic rings. The monoisotopic (exact) mass is 409 g/mol. The van der Waals surface area contributed by atoms with Crippen molar-refractivity contribution in [3.8, 4) is 11.4 Å². The molecule has 3 aromatic heterocycles. The Morgan fingerprint density at radius 1 is 0.806 bits per heavy atom. The molecule has 0 spiro atoms. The van der Waals surface area contributed by atoms with Crippen molar-refractivity contribution in [1.29, 1.82) is 0 Å². The topological polar surface area (TPSA) is 55.7 Å². The van der Waals surface area contributed by atoms with Gasteiger partial charge in [-0.25, -0.2) is 15.0 Å². The summed E-state index contributed by atoms with van der Waals surface area (Å²) in [6.07, 6.45) is 3.78. The third-order valence-electron chi connectivity index (χ3n) is 6.07. The highest BCUT2D eigenvalue weighted by Crippen LogP contribution is 2.36. The largest absolute Gasteiger partial charge is 0.337 e. The van der Waals surface area contributed by atoms with Crippen LogP contribution >= 0.6 is 0 Å². The normalized spacial score (nSPS) is 12.8. The Hall–Kier alpha value is -3.27. The van der Waals surface area contributed by atoms with E-state index in [9.17, 15) is 0 Å². The number of aromatic nitrogens is 4. The molecule has 31 heavy (non-hydrogen) atoms. The van der Waals surface area contributed by atoms with Crippen LogP contribution in [-0.4, -0.2) is 15.0 Å². The van der Waals surface area contributed by atoms with Gasteiger partial charge in [0.25, 0.3) is 0 Å². The first kappa shape index (κ1) is 19.7. The van der Waals surface area contributed by atoms with Gasteiger partial charge in [0.15, 0.2) is 6.20 Å². The molecule has 0 atom stereocenters. The van der Waals surface area contributed by atoms with E-state index in [1.54, 1.807) is 0 Å². The maximum atomic E-state index is 5.10. The second-order valence-corrected chi connectivity index (χ2v) is 10.5. The van der Waals surface area contributed by atoms with Crippen LogP contribution in [0.15, 0.2) is 54.9 Å². The van der Waals surface area contributed by atoms with Crippen molar-refractivity contribution >= 4 is 32.8 Å². The van der Waals surface area contributed by atoms with Crippen LogP contribution in [0, 0.1) is 0 Å². The van der Waals surface area contributed by atoms with Crippen LogP contribution < -0.4 is 4.98 Å². The van der Waals surface area contributed by atoms with Gasteiger partial charge in [-0.05, 0) is 52.3 Å². The Balaban J connectivity index is 1.85. The van der Waals surface area contributed by atoms with Gasteiger partial charge < -0.3 is 4.98 Å².